The second-order valence-electron chi connectivity index (χ2n) is 4.37. The fraction of sp³-hybridized carbons (Fsp3) is 0.200. The largest absolute Gasteiger partial charge is 0.306 e. The van der Waals surface area contributed by atoms with Gasteiger partial charge in [0.05, 0.1) is 0 Å². The number of rotatable bonds is 4. The smallest absolute Gasteiger partial charge is 0.159 e. The van der Waals surface area contributed by atoms with Crippen molar-refractivity contribution in [3.8, 4) is 0 Å². The van der Waals surface area contributed by atoms with Gasteiger partial charge >= 0.3 is 0 Å². The van der Waals surface area contributed by atoms with Crippen molar-refractivity contribution in [1.82, 2.24) is 5.32 Å². The molecule has 0 saturated carbocycles. The van der Waals surface area contributed by atoms with Crippen molar-refractivity contribution in [3.05, 3.63) is 71.0 Å². The van der Waals surface area contributed by atoms with Gasteiger partial charge in [-0.3, -0.25) is 0 Å². The quantitative estimate of drug-likeness (QED) is 0.882. The minimum atomic E-state index is -0.878. The van der Waals surface area contributed by atoms with E-state index < -0.39 is 11.6 Å². The topological polar surface area (TPSA) is 12.0 Å². The fourth-order valence-corrected chi connectivity index (χ4v) is 1.80. The van der Waals surface area contributed by atoms with Crippen LogP contribution >= 0.6 is 0 Å². The first-order valence-corrected chi connectivity index (χ1v) is 5.99. The van der Waals surface area contributed by atoms with Gasteiger partial charge in [-0.15, -0.1) is 0 Å². The normalized spacial score (nSPS) is 12.4. The molecule has 2 aromatic carbocycles. The summed E-state index contributed by atoms with van der Waals surface area (Å²) in [4.78, 5) is 0. The molecule has 1 unspecified atom stereocenters. The second-order valence-corrected chi connectivity index (χ2v) is 4.37. The molecule has 0 bridgehead atoms. The summed E-state index contributed by atoms with van der Waals surface area (Å²) in [5.41, 5.74) is 1.16. The average molecular weight is 265 g/mol. The summed E-state index contributed by atoms with van der Waals surface area (Å²) >= 11 is 0. The summed E-state index contributed by atoms with van der Waals surface area (Å²) in [5.74, 6) is -2.03. The molecule has 0 aromatic heterocycles. The van der Waals surface area contributed by atoms with E-state index in [1.165, 1.54) is 12.1 Å². The molecule has 0 saturated heterocycles. The number of benzene rings is 2. The Morgan fingerprint density at radius 1 is 0.947 bits per heavy atom. The lowest BCUT2D eigenvalue weighted by Crippen LogP contribution is -2.19. The van der Waals surface area contributed by atoms with E-state index in [0.717, 1.165) is 12.1 Å². The highest BCUT2D eigenvalue weighted by Gasteiger charge is 2.09. The summed E-state index contributed by atoms with van der Waals surface area (Å²) < 4.78 is 39.3. The van der Waals surface area contributed by atoms with Crippen molar-refractivity contribution in [1.29, 1.82) is 0 Å². The van der Waals surface area contributed by atoms with E-state index in [9.17, 15) is 13.2 Å². The fourth-order valence-electron chi connectivity index (χ4n) is 1.80. The minimum Gasteiger partial charge on any atom is -0.306 e. The molecule has 0 radical (unpaired) electrons. The van der Waals surface area contributed by atoms with Crippen molar-refractivity contribution in [2.24, 2.45) is 0 Å². The molecule has 19 heavy (non-hydrogen) atoms. The van der Waals surface area contributed by atoms with Gasteiger partial charge in [0, 0.05) is 18.2 Å². The highest BCUT2D eigenvalue weighted by molar-refractivity contribution is 5.22. The molecule has 0 fully saturated rings. The van der Waals surface area contributed by atoms with Gasteiger partial charge in [-0.2, -0.15) is 0 Å². The third kappa shape index (κ3) is 3.35. The molecule has 0 heterocycles. The highest BCUT2D eigenvalue weighted by Crippen LogP contribution is 2.17. The lowest BCUT2D eigenvalue weighted by atomic mass is 10.1. The average Bonchev–Trinajstić information content (AvgIpc) is 2.40. The van der Waals surface area contributed by atoms with Gasteiger partial charge < -0.3 is 5.32 Å². The molecule has 2 rings (SSSR count). The molecule has 1 atom stereocenters. The SMILES string of the molecule is CC(NCc1ccccc1F)c1ccc(F)c(F)c1. The summed E-state index contributed by atoms with van der Waals surface area (Å²) in [5, 5.41) is 3.07. The summed E-state index contributed by atoms with van der Waals surface area (Å²) in [7, 11) is 0. The third-order valence-electron chi connectivity index (χ3n) is 3.00. The van der Waals surface area contributed by atoms with E-state index in [2.05, 4.69) is 5.32 Å². The van der Waals surface area contributed by atoms with Gasteiger partial charge in [0.2, 0.25) is 0 Å². The molecule has 1 nitrogen and oxygen atoms in total. The van der Waals surface area contributed by atoms with Crippen LogP contribution in [0.5, 0.6) is 0 Å². The number of hydrogen-bond acceptors (Lipinski definition) is 1. The summed E-state index contributed by atoms with van der Waals surface area (Å²) in [6.45, 7) is 2.14. The lowest BCUT2D eigenvalue weighted by Gasteiger charge is -2.15. The minimum absolute atomic E-state index is 0.199. The van der Waals surface area contributed by atoms with Crippen molar-refractivity contribution in [2.45, 2.75) is 19.5 Å². The van der Waals surface area contributed by atoms with Crippen molar-refractivity contribution >= 4 is 0 Å². The first-order valence-electron chi connectivity index (χ1n) is 5.99. The Bertz CT molecular complexity index is 569. The van der Waals surface area contributed by atoms with Crippen LogP contribution in [-0.2, 0) is 6.54 Å². The maximum atomic E-state index is 13.4. The van der Waals surface area contributed by atoms with Crippen molar-refractivity contribution < 1.29 is 13.2 Å². The maximum Gasteiger partial charge on any atom is 0.159 e. The molecule has 0 spiro atoms. The molecule has 4 heteroatoms. The van der Waals surface area contributed by atoms with Crippen LogP contribution in [-0.4, -0.2) is 0 Å². The molecule has 2 aromatic rings. The molecule has 0 aliphatic carbocycles. The monoisotopic (exact) mass is 265 g/mol. The summed E-state index contributed by atoms with van der Waals surface area (Å²) in [6.07, 6.45) is 0. The molecule has 100 valence electrons. The van der Waals surface area contributed by atoms with E-state index in [-0.39, 0.29) is 11.9 Å². The highest BCUT2D eigenvalue weighted by atomic mass is 19.2. The molecule has 0 aliphatic heterocycles. The van der Waals surface area contributed by atoms with Crippen LogP contribution in [0.3, 0.4) is 0 Å². The van der Waals surface area contributed by atoms with Crippen molar-refractivity contribution in [2.75, 3.05) is 0 Å². The maximum absolute atomic E-state index is 13.4. The first kappa shape index (κ1) is 13.6. The third-order valence-corrected chi connectivity index (χ3v) is 3.00. The zero-order valence-electron chi connectivity index (χ0n) is 10.5. The lowest BCUT2D eigenvalue weighted by molar-refractivity contribution is 0.499. The first-order chi connectivity index (χ1) is 9.08. The van der Waals surface area contributed by atoms with E-state index in [1.54, 1.807) is 18.2 Å². The van der Waals surface area contributed by atoms with E-state index >= 15 is 0 Å². The zero-order chi connectivity index (χ0) is 13.8. The Labute approximate surface area is 110 Å². The van der Waals surface area contributed by atoms with Gasteiger partial charge in [0.15, 0.2) is 11.6 Å². The number of halogens is 3. The Morgan fingerprint density at radius 3 is 2.37 bits per heavy atom. The Morgan fingerprint density at radius 2 is 1.68 bits per heavy atom. The summed E-state index contributed by atoms with van der Waals surface area (Å²) in [6, 6.07) is 9.99. The van der Waals surface area contributed by atoms with Crippen LogP contribution in [0.1, 0.15) is 24.1 Å². The van der Waals surface area contributed by atoms with Crippen LogP contribution in [0.15, 0.2) is 42.5 Å². The zero-order valence-corrected chi connectivity index (χ0v) is 10.5. The number of nitrogens with one attached hydrogen (secondary N) is 1. The van der Waals surface area contributed by atoms with Crippen LogP contribution in [0.4, 0.5) is 13.2 Å². The molecular weight excluding hydrogens is 251 g/mol. The van der Waals surface area contributed by atoms with Crippen LogP contribution in [0.2, 0.25) is 0 Å². The van der Waals surface area contributed by atoms with Crippen LogP contribution in [0, 0.1) is 17.5 Å². The van der Waals surface area contributed by atoms with E-state index in [4.69, 9.17) is 0 Å². The van der Waals surface area contributed by atoms with E-state index in [0.29, 0.717) is 17.7 Å². The standard InChI is InChI=1S/C15H14F3N/c1-10(11-6-7-14(17)15(18)8-11)19-9-12-4-2-3-5-13(12)16/h2-8,10,19H,9H2,1H3. The Hall–Kier alpha value is -1.81. The molecule has 0 amide bonds. The van der Waals surface area contributed by atoms with Crippen LogP contribution < -0.4 is 5.32 Å². The van der Waals surface area contributed by atoms with Gasteiger partial charge in [0.1, 0.15) is 5.82 Å². The Balaban J connectivity index is 2.03. The van der Waals surface area contributed by atoms with Gasteiger partial charge in [-0.25, -0.2) is 13.2 Å². The predicted octanol–water partition coefficient (Wildman–Crippen LogP) is 3.95. The van der Waals surface area contributed by atoms with Crippen molar-refractivity contribution in [3.63, 3.8) is 0 Å². The van der Waals surface area contributed by atoms with Crippen LogP contribution in [0.25, 0.3) is 0 Å². The van der Waals surface area contributed by atoms with E-state index in [1.807, 2.05) is 6.92 Å². The molecule has 1 N–H and O–H groups in total. The number of hydrogen-bond donors (Lipinski definition) is 1. The predicted molar refractivity (Wildman–Crippen MR) is 68.0 cm³/mol. The molecular formula is C15H14F3N. The second kappa shape index (κ2) is 5.89. The van der Waals surface area contributed by atoms with Gasteiger partial charge in [-0.1, -0.05) is 24.3 Å². The molecule has 0 aliphatic rings. The van der Waals surface area contributed by atoms with Gasteiger partial charge in [0.25, 0.3) is 0 Å². The Kier molecular flexibility index (Phi) is 4.22. The van der Waals surface area contributed by atoms with Gasteiger partial charge in [-0.05, 0) is 30.7 Å².